The summed E-state index contributed by atoms with van der Waals surface area (Å²) in [7, 11) is -2.29. The van der Waals surface area contributed by atoms with E-state index in [-0.39, 0.29) is 49.4 Å². The minimum absolute atomic E-state index is 0.00565. The highest BCUT2D eigenvalue weighted by atomic mass is 32.2. The predicted octanol–water partition coefficient (Wildman–Crippen LogP) is 1.08. The van der Waals surface area contributed by atoms with Crippen LogP contribution in [-0.2, 0) is 36.6 Å². The molecule has 2 aliphatic rings. The van der Waals surface area contributed by atoms with E-state index in [2.05, 4.69) is 20.1 Å². The number of sulfonamides is 1. The van der Waals surface area contributed by atoms with E-state index < -0.39 is 20.7 Å². The Morgan fingerprint density at radius 2 is 1.95 bits per heavy atom. The first kappa shape index (κ1) is 26.3. The number of fused-ring (bicyclic) bond motifs is 1. The molecule has 0 bridgehead atoms. The summed E-state index contributed by atoms with van der Waals surface area (Å²) in [6.45, 7) is 0.180. The van der Waals surface area contributed by atoms with E-state index in [1.165, 1.54) is 15.6 Å². The number of nitrogens with zero attached hydrogens (tertiary/aromatic N) is 5. The summed E-state index contributed by atoms with van der Waals surface area (Å²) in [4.78, 5) is 32.0. The number of aliphatic hydroxyl groups excluding tert-OH is 1. The summed E-state index contributed by atoms with van der Waals surface area (Å²) in [6, 6.07) is 13.6. The minimum atomic E-state index is -3.88. The molecular weight excluding hydrogens is 522 g/mol. The van der Waals surface area contributed by atoms with Crippen molar-refractivity contribution >= 4 is 27.7 Å². The van der Waals surface area contributed by atoms with Gasteiger partial charge < -0.3 is 15.3 Å². The highest BCUT2D eigenvalue weighted by molar-refractivity contribution is 7.94. The van der Waals surface area contributed by atoms with Crippen LogP contribution >= 0.6 is 0 Å². The van der Waals surface area contributed by atoms with Gasteiger partial charge in [0.1, 0.15) is 16.3 Å². The van der Waals surface area contributed by atoms with E-state index in [0.29, 0.717) is 36.1 Å². The maximum Gasteiger partial charge on any atom is 0.272 e. The SMILES string of the molecule is Cn1nc(C(=O)NCc2ccc(C#N)cc2)c2c1C(=O)N(CC1(S(=O)(=O)Nc3cccc(CO)n3)CC1)CC2. The zero-order valence-corrected chi connectivity index (χ0v) is 22.0. The first-order valence-corrected chi connectivity index (χ1v) is 13.9. The highest BCUT2D eigenvalue weighted by Crippen LogP contribution is 2.45. The van der Waals surface area contributed by atoms with Gasteiger partial charge in [0, 0.05) is 32.2 Å². The third-order valence-corrected chi connectivity index (χ3v) is 9.24. The largest absolute Gasteiger partial charge is 0.390 e. The van der Waals surface area contributed by atoms with Gasteiger partial charge in [0.2, 0.25) is 10.0 Å². The number of carbonyl (C=O) groups is 2. The monoisotopic (exact) mass is 549 g/mol. The van der Waals surface area contributed by atoms with Gasteiger partial charge in [0.05, 0.1) is 23.9 Å². The van der Waals surface area contributed by atoms with Crippen LogP contribution in [0.15, 0.2) is 42.5 Å². The summed E-state index contributed by atoms with van der Waals surface area (Å²) < 4.78 is 29.3. The molecule has 0 atom stereocenters. The molecule has 3 aromatic rings. The lowest BCUT2D eigenvalue weighted by Crippen LogP contribution is -2.47. The lowest BCUT2D eigenvalue weighted by Gasteiger charge is -2.31. The average Bonchev–Trinajstić information content (AvgIpc) is 3.65. The van der Waals surface area contributed by atoms with Gasteiger partial charge in [0.15, 0.2) is 5.69 Å². The van der Waals surface area contributed by atoms with Crippen molar-refractivity contribution in [3.8, 4) is 6.07 Å². The molecule has 13 heteroatoms. The van der Waals surface area contributed by atoms with Gasteiger partial charge in [-0.2, -0.15) is 10.4 Å². The second kappa shape index (κ2) is 10.1. The van der Waals surface area contributed by atoms with E-state index in [9.17, 15) is 23.1 Å². The third-order valence-electron chi connectivity index (χ3n) is 7.08. The maximum atomic E-state index is 13.4. The van der Waals surface area contributed by atoms with Crippen LogP contribution in [0.4, 0.5) is 5.82 Å². The quantitative estimate of drug-likeness (QED) is 0.356. The smallest absolute Gasteiger partial charge is 0.272 e. The van der Waals surface area contributed by atoms with Crippen molar-refractivity contribution < 1.29 is 23.1 Å². The molecule has 2 amide bonds. The Labute approximate surface area is 225 Å². The van der Waals surface area contributed by atoms with Crippen molar-refractivity contribution in [3.63, 3.8) is 0 Å². The van der Waals surface area contributed by atoms with Crippen LogP contribution in [0.2, 0.25) is 0 Å². The number of hydrogen-bond donors (Lipinski definition) is 3. The number of benzene rings is 1. The molecule has 1 aliphatic heterocycles. The number of anilines is 1. The Morgan fingerprint density at radius 1 is 1.21 bits per heavy atom. The van der Waals surface area contributed by atoms with Crippen molar-refractivity contribution in [1.29, 1.82) is 5.26 Å². The molecule has 2 aromatic heterocycles. The molecule has 0 saturated heterocycles. The predicted molar refractivity (Wildman–Crippen MR) is 140 cm³/mol. The van der Waals surface area contributed by atoms with Gasteiger partial charge in [-0.25, -0.2) is 13.4 Å². The van der Waals surface area contributed by atoms with Crippen LogP contribution in [0.25, 0.3) is 0 Å². The van der Waals surface area contributed by atoms with E-state index in [1.807, 2.05) is 6.07 Å². The van der Waals surface area contributed by atoms with Crippen molar-refractivity contribution in [3.05, 3.63) is 76.2 Å². The number of nitrogens with one attached hydrogen (secondary N) is 2. The number of hydrogen-bond acceptors (Lipinski definition) is 8. The molecule has 1 fully saturated rings. The number of amides is 2. The van der Waals surface area contributed by atoms with Gasteiger partial charge in [-0.05, 0) is 49.1 Å². The average molecular weight is 550 g/mol. The topological polar surface area (TPSA) is 170 Å². The molecule has 0 radical (unpaired) electrons. The Hall–Kier alpha value is -4.28. The van der Waals surface area contributed by atoms with Crippen molar-refractivity contribution in [2.45, 2.75) is 37.2 Å². The molecule has 12 nitrogen and oxygen atoms in total. The molecule has 3 heterocycles. The van der Waals surface area contributed by atoms with E-state index >= 15 is 0 Å². The second-order valence-electron chi connectivity index (χ2n) is 9.73. The standard InChI is InChI=1S/C26H27N7O5S/c1-32-23-20(22(30-32)24(35)28-14-18-7-5-17(13-27)6-8-18)9-12-33(25(23)36)16-26(10-11-26)39(37,38)31-21-4-2-3-19(15-34)29-21/h2-8,34H,9-12,14-16H2,1H3,(H,28,35)(H,29,31). The fourth-order valence-corrected chi connectivity index (χ4v) is 6.31. The van der Waals surface area contributed by atoms with E-state index in [1.54, 1.807) is 43.4 Å². The maximum absolute atomic E-state index is 13.4. The first-order chi connectivity index (χ1) is 18.7. The van der Waals surface area contributed by atoms with Crippen LogP contribution in [0.5, 0.6) is 0 Å². The molecule has 202 valence electrons. The third kappa shape index (κ3) is 5.08. The van der Waals surface area contributed by atoms with Crippen molar-refractivity contribution in [2.24, 2.45) is 7.05 Å². The lowest BCUT2D eigenvalue weighted by atomic mass is 10.0. The minimum Gasteiger partial charge on any atom is -0.390 e. The Morgan fingerprint density at radius 3 is 2.62 bits per heavy atom. The van der Waals surface area contributed by atoms with Crippen LogP contribution < -0.4 is 10.0 Å². The highest BCUT2D eigenvalue weighted by Gasteiger charge is 2.56. The number of aryl methyl sites for hydroxylation is 1. The second-order valence-corrected chi connectivity index (χ2v) is 11.8. The van der Waals surface area contributed by atoms with Crippen LogP contribution in [0.3, 0.4) is 0 Å². The lowest BCUT2D eigenvalue weighted by molar-refractivity contribution is 0.0724. The number of aliphatic hydroxyl groups is 1. The molecule has 39 heavy (non-hydrogen) atoms. The van der Waals surface area contributed by atoms with Crippen LogP contribution in [-0.4, -0.2) is 62.8 Å². The molecule has 0 unspecified atom stereocenters. The normalized spacial score (nSPS) is 15.8. The number of rotatable bonds is 9. The summed E-state index contributed by atoms with van der Waals surface area (Å²) in [6.07, 6.45) is 1.15. The van der Waals surface area contributed by atoms with Crippen LogP contribution in [0, 0.1) is 11.3 Å². The molecule has 0 spiro atoms. The molecular formula is C26H27N7O5S. The fraction of sp³-hybridized carbons (Fsp3) is 0.346. The Balaban J connectivity index is 1.28. The van der Waals surface area contributed by atoms with E-state index in [4.69, 9.17) is 5.26 Å². The number of nitriles is 1. The number of pyridine rings is 1. The first-order valence-electron chi connectivity index (χ1n) is 12.4. The van der Waals surface area contributed by atoms with Gasteiger partial charge in [-0.1, -0.05) is 18.2 Å². The molecule has 1 saturated carbocycles. The fourth-order valence-electron chi connectivity index (χ4n) is 4.74. The van der Waals surface area contributed by atoms with Gasteiger partial charge >= 0.3 is 0 Å². The van der Waals surface area contributed by atoms with Crippen molar-refractivity contribution in [2.75, 3.05) is 17.8 Å². The molecule has 5 rings (SSSR count). The van der Waals surface area contributed by atoms with Gasteiger partial charge in [-0.3, -0.25) is 19.0 Å². The number of carbonyl (C=O) groups excluding carboxylic acids is 2. The van der Waals surface area contributed by atoms with Crippen molar-refractivity contribution in [1.82, 2.24) is 25.0 Å². The molecule has 1 aromatic carbocycles. The van der Waals surface area contributed by atoms with Gasteiger partial charge in [-0.15, -0.1) is 0 Å². The molecule has 3 N–H and O–H groups in total. The summed E-state index contributed by atoms with van der Waals surface area (Å²) >= 11 is 0. The van der Waals surface area contributed by atoms with E-state index in [0.717, 1.165) is 5.56 Å². The Kier molecular flexibility index (Phi) is 6.83. The summed E-state index contributed by atoms with van der Waals surface area (Å²) in [5.41, 5.74) is 2.65. The Bertz CT molecular complexity index is 1590. The zero-order chi connectivity index (χ0) is 27.8. The number of aromatic nitrogens is 3. The van der Waals surface area contributed by atoms with Crippen LogP contribution in [0.1, 0.15) is 56.2 Å². The zero-order valence-electron chi connectivity index (χ0n) is 21.2. The summed E-state index contributed by atoms with van der Waals surface area (Å²) in [5, 5.41) is 25.3. The summed E-state index contributed by atoms with van der Waals surface area (Å²) in [5.74, 6) is -0.678. The van der Waals surface area contributed by atoms with Gasteiger partial charge in [0.25, 0.3) is 11.8 Å². The molecule has 1 aliphatic carbocycles.